The molecular formula is C12H20N2O3S. The summed E-state index contributed by atoms with van der Waals surface area (Å²) in [6, 6.07) is 4.79. The Morgan fingerprint density at radius 2 is 2.06 bits per heavy atom. The van der Waals surface area contributed by atoms with Gasteiger partial charge in [-0.3, -0.25) is 0 Å². The predicted molar refractivity (Wildman–Crippen MR) is 69.6 cm³/mol. The van der Waals surface area contributed by atoms with Gasteiger partial charge in [-0.15, -0.1) is 0 Å². The highest BCUT2D eigenvalue weighted by molar-refractivity contribution is 7.89. The first-order valence-corrected chi connectivity index (χ1v) is 7.59. The lowest BCUT2D eigenvalue weighted by atomic mass is 10.2. The minimum absolute atomic E-state index is 0.0370. The van der Waals surface area contributed by atoms with Crippen LogP contribution in [0, 0.1) is 0 Å². The average Bonchev–Trinajstić information content (AvgIpc) is 2.39. The summed E-state index contributed by atoms with van der Waals surface area (Å²) in [6.07, 6.45) is 4.24. The lowest BCUT2D eigenvalue weighted by Crippen LogP contribution is -2.34. The van der Waals surface area contributed by atoms with Gasteiger partial charge in [-0.2, -0.15) is 4.31 Å². The second-order valence-corrected chi connectivity index (χ2v) is 5.89. The normalized spacial score (nSPS) is 11.9. The van der Waals surface area contributed by atoms with E-state index in [0.717, 1.165) is 19.3 Å². The standard InChI is InChI=1S/C12H20N2O3S/c1-2-3-6-9-14(10-11-15)18(16,17)12-7-4-5-8-13-12/h4-5,7-8,15H,2-3,6,9-11H2,1H3. The molecule has 1 aromatic rings. The topological polar surface area (TPSA) is 70.5 Å². The van der Waals surface area contributed by atoms with E-state index in [9.17, 15) is 8.42 Å². The van der Waals surface area contributed by atoms with E-state index in [0.29, 0.717) is 6.54 Å². The molecule has 0 aliphatic carbocycles. The summed E-state index contributed by atoms with van der Waals surface area (Å²) in [5.74, 6) is 0. The van der Waals surface area contributed by atoms with E-state index in [1.807, 2.05) is 0 Å². The molecule has 0 aromatic carbocycles. The molecule has 1 aromatic heterocycles. The van der Waals surface area contributed by atoms with Crippen LogP contribution in [0.2, 0.25) is 0 Å². The Kier molecular flexibility index (Phi) is 6.24. The Morgan fingerprint density at radius 3 is 2.61 bits per heavy atom. The molecule has 0 aliphatic rings. The van der Waals surface area contributed by atoms with E-state index in [2.05, 4.69) is 11.9 Å². The fourth-order valence-corrected chi connectivity index (χ4v) is 3.03. The number of pyridine rings is 1. The molecule has 0 spiro atoms. The van der Waals surface area contributed by atoms with Crippen molar-refractivity contribution < 1.29 is 13.5 Å². The first kappa shape index (κ1) is 15.1. The molecule has 18 heavy (non-hydrogen) atoms. The van der Waals surface area contributed by atoms with Gasteiger partial charge in [0.2, 0.25) is 0 Å². The zero-order valence-electron chi connectivity index (χ0n) is 10.6. The van der Waals surface area contributed by atoms with Crippen LogP contribution < -0.4 is 0 Å². The van der Waals surface area contributed by atoms with Gasteiger partial charge in [-0.05, 0) is 18.6 Å². The number of unbranched alkanes of at least 4 members (excludes halogenated alkanes) is 2. The molecule has 1 rings (SSSR count). The molecule has 0 aliphatic heterocycles. The number of sulfonamides is 1. The summed E-state index contributed by atoms with van der Waals surface area (Å²) >= 11 is 0. The number of aromatic nitrogens is 1. The highest BCUT2D eigenvalue weighted by Crippen LogP contribution is 2.13. The molecule has 0 bridgehead atoms. The summed E-state index contributed by atoms with van der Waals surface area (Å²) in [7, 11) is -3.58. The first-order chi connectivity index (χ1) is 8.62. The summed E-state index contributed by atoms with van der Waals surface area (Å²) in [5.41, 5.74) is 0. The number of hydrogen-bond donors (Lipinski definition) is 1. The van der Waals surface area contributed by atoms with Crippen molar-refractivity contribution in [2.75, 3.05) is 19.7 Å². The van der Waals surface area contributed by atoms with Crippen molar-refractivity contribution in [3.63, 3.8) is 0 Å². The third kappa shape index (κ3) is 4.04. The third-order valence-corrected chi connectivity index (χ3v) is 4.42. The summed E-state index contributed by atoms with van der Waals surface area (Å²) in [6.45, 7) is 2.41. The lowest BCUT2D eigenvalue weighted by Gasteiger charge is -2.20. The number of aliphatic hydroxyl groups is 1. The van der Waals surface area contributed by atoms with Gasteiger partial charge in [0.1, 0.15) is 0 Å². The Balaban J connectivity index is 2.83. The Labute approximate surface area is 109 Å². The smallest absolute Gasteiger partial charge is 0.260 e. The number of rotatable bonds is 8. The average molecular weight is 272 g/mol. The van der Waals surface area contributed by atoms with Gasteiger partial charge in [0.15, 0.2) is 5.03 Å². The Morgan fingerprint density at radius 1 is 1.28 bits per heavy atom. The van der Waals surface area contributed by atoms with Gasteiger partial charge in [0.25, 0.3) is 10.0 Å². The zero-order chi connectivity index (χ0) is 13.4. The van der Waals surface area contributed by atoms with Crippen LogP contribution in [0.25, 0.3) is 0 Å². The van der Waals surface area contributed by atoms with Crippen LogP contribution >= 0.6 is 0 Å². The summed E-state index contributed by atoms with van der Waals surface area (Å²) < 4.78 is 25.8. The quantitative estimate of drug-likeness (QED) is 0.723. The van der Waals surface area contributed by atoms with Crippen molar-refractivity contribution in [1.82, 2.24) is 9.29 Å². The number of hydrogen-bond acceptors (Lipinski definition) is 4. The van der Waals surface area contributed by atoms with Crippen LogP contribution in [0.3, 0.4) is 0 Å². The van der Waals surface area contributed by atoms with Crippen molar-refractivity contribution in [2.24, 2.45) is 0 Å². The molecular weight excluding hydrogens is 252 g/mol. The van der Waals surface area contributed by atoms with Crippen LogP contribution in [-0.4, -0.2) is 42.5 Å². The highest BCUT2D eigenvalue weighted by atomic mass is 32.2. The van der Waals surface area contributed by atoms with Crippen LogP contribution in [0.5, 0.6) is 0 Å². The molecule has 0 atom stereocenters. The number of nitrogens with zero attached hydrogens (tertiary/aromatic N) is 2. The predicted octanol–water partition coefficient (Wildman–Crippen LogP) is 1.25. The lowest BCUT2D eigenvalue weighted by molar-refractivity contribution is 0.251. The van der Waals surface area contributed by atoms with Gasteiger partial charge < -0.3 is 5.11 Å². The van der Waals surface area contributed by atoms with Crippen LogP contribution in [0.1, 0.15) is 26.2 Å². The van der Waals surface area contributed by atoms with Crippen LogP contribution in [0.4, 0.5) is 0 Å². The van der Waals surface area contributed by atoms with E-state index in [1.165, 1.54) is 16.6 Å². The van der Waals surface area contributed by atoms with Gasteiger partial charge in [-0.1, -0.05) is 25.8 Å². The Hall–Kier alpha value is -0.980. The van der Waals surface area contributed by atoms with E-state index in [4.69, 9.17) is 5.11 Å². The zero-order valence-corrected chi connectivity index (χ0v) is 11.4. The molecule has 6 heteroatoms. The van der Waals surface area contributed by atoms with E-state index in [-0.39, 0.29) is 18.2 Å². The molecule has 1 N–H and O–H groups in total. The Bertz CT molecular complexity index is 434. The molecule has 102 valence electrons. The van der Waals surface area contributed by atoms with Crippen molar-refractivity contribution in [3.8, 4) is 0 Å². The molecule has 0 saturated heterocycles. The van der Waals surface area contributed by atoms with Gasteiger partial charge in [-0.25, -0.2) is 13.4 Å². The fourth-order valence-electron chi connectivity index (χ4n) is 1.63. The maximum Gasteiger partial charge on any atom is 0.260 e. The number of aliphatic hydroxyl groups excluding tert-OH is 1. The summed E-state index contributed by atoms with van der Waals surface area (Å²) in [5, 5.41) is 9.01. The van der Waals surface area contributed by atoms with Gasteiger partial charge in [0, 0.05) is 19.3 Å². The molecule has 0 radical (unpaired) electrons. The second-order valence-electron chi connectivity index (χ2n) is 4.00. The minimum atomic E-state index is -3.58. The van der Waals surface area contributed by atoms with Crippen molar-refractivity contribution in [3.05, 3.63) is 24.4 Å². The van der Waals surface area contributed by atoms with Crippen molar-refractivity contribution >= 4 is 10.0 Å². The van der Waals surface area contributed by atoms with Gasteiger partial charge >= 0.3 is 0 Å². The molecule has 0 amide bonds. The largest absolute Gasteiger partial charge is 0.395 e. The fraction of sp³-hybridized carbons (Fsp3) is 0.583. The maximum atomic E-state index is 12.3. The van der Waals surface area contributed by atoms with E-state index >= 15 is 0 Å². The minimum Gasteiger partial charge on any atom is -0.395 e. The van der Waals surface area contributed by atoms with E-state index < -0.39 is 10.0 Å². The van der Waals surface area contributed by atoms with Crippen molar-refractivity contribution in [1.29, 1.82) is 0 Å². The SMILES string of the molecule is CCCCCN(CCO)S(=O)(=O)c1ccccn1. The molecule has 5 nitrogen and oxygen atoms in total. The second kappa shape index (κ2) is 7.45. The molecule has 0 saturated carbocycles. The monoisotopic (exact) mass is 272 g/mol. The van der Waals surface area contributed by atoms with E-state index in [1.54, 1.807) is 12.1 Å². The summed E-state index contributed by atoms with van der Waals surface area (Å²) in [4.78, 5) is 3.87. The first-order valence-electron chi connectivity index (χ1n) is 6.15. The highest BCUT2D eigenvalue weighted by Gasteiger charge is 2.24. The molecule has 0 fully saturated rings. The maximum absolute atomic E-state index is 12.3. The van der Waals surface area contributed by atoms with Crippen LogP contribution in [0.15, 0.2) is 29.4 Å². The van der Waals surface area contributed by atoms with Gasteiger partial charge in [0.05, 0.1) is 6.61 Å². The van der Waals surface area contributed by atoms with Crippen LogP contribution in [-0.2, 0) is 10.0 Å². The van der Waals surface area contributed by atoms with Crippen molar-refractivity contribution in [2.45, 2.75) is 31.2 Å². The molecule has 0 unspecified atom stereocenters. The third-order valence-electron chi connectivity index (χ3n) is 2.60. The molecule has 1 heterocycles.